The molecule has 0 fully saturated rings. The molecule has 0 aliphatic heterocycles. The van der Waals surface area contributed by atoms with Gasteiger partial charge in [0.25, 0.3) is 5.56 Å². The highest BCUT2D eigenvalue weighted by molar-refractivity contribution is 9.10. The molecule has 15 heavy (non-hydrogen) atoms. The van der Waals surface area contributed by atoms with E-state index in [-0.39, 0.29) is 15.4 Å². The van der Waals surface area contributed by atoms with Crippen molar-refractivity contribution >= 4 is 26.8 Å². The molecule has 0 aliphatic carbocycles. The first kappa shape index (κ1) is 10.2. The van der Waals surface area contributed by atoms with Crippen LogP contribution in [0.4, 0.5) is 8.78 Å². The minimum Gasteiger partial charge on any atom is -0.302 e. The van der Waals surface area contributed by atoms with Crippen LogP contribution in [-0.2, 0) is 7.05 Å². The van der Waals surface area contributed by atoms with Crippen LogP contribution in [-0.4, -0.2) is 9.55 Å². The molecule has 6 heteroatoms. The van der Waals surface area contributed by atoms with Gasteiger partial charge in [0.2, 0.25) is 0 Å². The minimum absolute atomic E-state index is 0.0470. The number of hydrogen-bond donors (Lipinski definition) is 0. The molecular weight excluding hydrogens is 270 g/mol. The first-order valence-electron chi connectivity index (χ1n) is 4.01. The summed E-state index contributed by atoms with van der Waals surface area (Å²) in [4.78, 5) is 15.2. The summed E-state index contributed by atoms with van der Waals surface area (Å²) in [6.45, 7) is 0. The second kappa shape index (κ2) is 3.37. The van der Waals surface area contributed by atoms with Crippen LogP contribution in [0.2, 0.25) is 0 Å². The second-order valence-electron chi connectivity index (χ2n) is 3.04. The molecule has 0 aliphatic rings. The summed E-state index contributed by atoms with van der Waals surface area (Å²) in [7, 11) is 1.49. The van der Waals surface area contributed by atoms with Gasteiger partial charge < -0.3 is 4.57 Å². The molecule has 0 bridgehead atoms. The maximum absolute atomic E-state index is 13.4. The Labute approximate surface area is 91.5 Å². The largest absolute Gasteiger partial charge is 0.302 e. The third kappa shape index (κ3) is 1.45. The monoisotopic (exact) mass is 274 g/mol. The fourth-order valence-corrected chi connectivity index (χ4v) is 1.66. The minimum atomic E-state index is -1.11. The van der Waals surface area contributed by atoms with E-state index in [0.29, 0.717) is 0 Å². The fraction of sp³-hybridized carbons (Fsp3) is 0.111. The molecule has 3 nitrogen and oxygen atoms in total. The molecule has 0 radical (unpaired) electrons. The van der Waals surface area contributed by atoms with Crippen LogP contribution in [0.1, 0.15) is 0 Å². The van der Waals surface area contributed by atoms with Crippen LogP contribution >= 0.6 is 15.9 Å². The Morgan fingerprint density at radius 1 is 1.40 bits per heavy atom. The van der Waals surface area contributed by atoms with E-state index in [1.165, 1.54) is 17.7 Å². The van der Waals surface area contributed by atoms with Gasteiger partial charge in [-0.3, -0.25) is 4.79 Å². The summed E-state index contributed by atoms with van der Waals surface area (Å²) in [6.07, 6.45) is 1.15. The van der Waals surface area contributed by atoms with Crippen molar-refractivity contribution in [2.45, 2.75) is 0 Å². The number of halogens is 3. The lowest BCUT2D eigenvalue weighted by Gasteiger charge is -2.03. The maximum atomic E-state index is 13.4. The van der Waals surface area contributed by atoms with Gasteiger partial charge in [0.1, 0.15) is 5.52 Å². The standard InChI is InChI=1S/C9H5BrF2N2O/c1-14-3-13-8-4(9(14)15)2-5(10)6(11)7(8)12/h2-3H,1H3. The molecule has 1 aromatic heterocycles. The van der Waals surface area contributed by atoms with E-state index in [4.69, 9.17) is 0 Å². The summed E-state index contributed by atoms with van der Waals surface area (Å²) in [5.74, 6) is -2.15. The number of fused-ring (bicyclic) bond motifs is 1. The summed E-state index contributed by atoms with van der Waals surface area (Å²) < 4.78 is 27.6. The highest BCUT2D eigenvalue weighted by Crippen LogP contribution is 2.23. The Hall–Kier alpha value is -1.30. The zero-order valence-electron chi connectivity index (χ0n) is 7.59. The quantitative estimate of drug-likeness (QED) is 0.689. The van der Waals surface area contributed by atoms with Crippen molar-refractivity contribution in [1.82, 2.24) is 9.55 Å². The van der Waals surface area contributed by atoms with Gasteiger partial charge in [0.05, 0.1) is 16.2 Å². The predicted octanol–water partition coefficient (Wildman–Crippen LogP) is 1.97. The summed E-state index contributed by atoms with van der Waals surface area (Å²) in [5, 5.41) is 0.0470. The summed E-state index contributed by atoms with van der Waals surface area (Å²) >= 11 is 2.83. The van der Waals surface area contributed by atoms with Crippen LogP contribution in [0, 0.1) is 11.6 Å². The highest BCUT2D eigenvalue weighted by atomic mass is 79.9. The Bertz CT molecular complexity index is 609. The SMILES string of the molecule is Cn1cnc2c(F)c(F)c(Br)cc2c1=O. The molecule has 0 N–H and O–H groups in total. The molecule has 0 amide bonds. The molecule has 0 spiro atoms. The van der Waals surface area contributed by atoms with Gasteiger partial charge in [-0.15, -0.1) is 0 Å². The van der Waals surface area contributed by atoms with Crippen LogP contribution in [0.5, 0.6) is 0 Å². The number of hydrogen-bond acceptors (Lipinski definition) is 2. The van der Waals surface area contributed by atoms with E-state index < -0.39 is 17.2 Å². The smallest absolute Gasteiger partial charge is 0.261 e. The van der Waals surface area contributed by atoms with Gasteiger partial charge in [-0.2, -0.15) is 0 Å². The molecule has 0 atom stereocenters. The van der Waals surface area contributed by atoms with Crippen molar-refractivity contribution in [1.29, 1.82) is 0 Å². The average molecular weight is 275 g/mol. The number of aromatic nitrogens is 2. The average Bonchev–Trinajstić information content (AvgIpc) is 2.21. The second-order valence-corrected chi connectivity index (χ2v) is 3.90. The Kier molecular flexibility index (Phi) is 2.30. The van der Waals surface area contributed by atoms with E-state index in [1.54, 1.807) is 0 Å². The van der Waals surface area contributed by atoms with Crippen molar-refractivity contribution in [2.24, 2.45) is 7.05 Å². The molecule has 2 rings (SSSR count). The van der Waals surface area contributed by atoms with Crippen LogP contribution in [0.3, 0.4) is 0 Å². The molecular formula is C9H5BrF2N2O. The third-order valence-electron chi connectivity index (χ3n) is 2.05. The van der Waals surface area contributed by atoms with Gasteiger partial charge in [-0.25, -0.2) is 13.8 Å². The first-order chi connectivity index (χ1) is 7.02. The summed E-state index contributed by atoms with van der Waals surface area (Å²) in [6, 6.07) is 1.23. The molecule has 0 saturated heterocycles. The number of benzene rings is 1. The fourth-order valence-electron chi connectivity index (χ4n) is 1.26. The molecule has 78 valence electrons. The van der Waals surface area contributed by atoms with E-state index in [1.807, 2.05) is 0 Å². The normalized spacial score (nSPS) is 10.9. The number of rotatable bonds is 0. The first-order valence-corrected chi connectivity index (χ1v) is 4.80. The van der Waals surface area contributed by atoms with Crippen molar-refractivity contribution in [3.63, 3.8) is 0 Å². The third-order valence-corrected chi connectivity index (χ3v) is 2.62. The molecule has 2 aromatic rings. The predicted molar refractivity (Wildman–Crippen MR) is 54.6 cm³/mol. The van der Waals surface area contributed by atoms with Crippen molar-refractivity contribution < 1.29 is 8.78 Å². The van der Waals surface area contributed by atoms with Crippen LogP contribution < -0.4 is 5.56 Å². The van der Waals surface area contributed by atoms with Crippen LogP contribution in [0.15, 0.2) is 21.7 Å². The van der Waals surface area contributed by atoms with E-state index >= 15 is 0 Å². The highest BCUT2D eigenvalue weighted by Gasteiger charge is 2.15. The molecule has 0 saturated carbocycles. The molecule has 0 unspecified atom stereocenters. The Morgan fingerprint density at radius 3 is 2.73 bits per heavy atom. The Morgan fingerprint density at radius 2 is 2.07 bits per heavy atom. The zero-order chi connectivity index (χ0) is 11.2. The van der Waals surface area contributed by atoms with E-state index in [9.17, 15) is 13.6 Å². The zero-order valence-corrected chi connectivity index (χ0v) is 9.18. The molecule has 1 heterocycles. The maximum Gasteiger partial charge on any atom is 0.261 e. The lowest BCUT2D eigenvalue weighted by Crippen LogP contribution is -2.17. The van der Waals surface area contributed by atoms with Gasteiger partial charge in [-0.1, -0.05) is 0 Å². The number of nitrogens with zero attached hydrogens (tertiary/aromatic N) is 2. The van der Waals surface area contributed by atoms with Gasteiger partial charge >= 0.3 is 0 Å². The van der Waals surface area contributed by atoms with Gasteiger partial charge in [-0.05, 0) is 22.0 Å². The van der Waals surface area contributed by atoms with Gasteiger partial charge in [0, 0.05) is 7.05 Å². The van der Waals surface area contributed by atoms with Crippen molar-refractivity contribution in [3.8, 4) is 0 Å². The van der Waals surface area contributed by atoms with Crippen molar-refractivity contribution in [3.05, 3.63) is 38.9 Å². The lowest BCUT2D eigenvalue weighted by molar-refractivity contribution is 0.510. The van der Waals surface area contributed by atoms with Crippen molar-refractivity contribution in [2.75, 3.05) is 0 Å². The van der Waals surface area contributed by atoms with E-state index in [0.717, 1.165) is 6.33 Å². The lowest BCUT2D eigenvalue weighted by atomic mass is 10.2. The Balaban J connectivity index is 3.05. The van der Waals surface area contributed by atoms with Gasteiger partial charge in [0.15, 0.2) is 11.6 Å². The summed E-state index contributed by atoms with van der Waals surface area (Å²) in [5.41, 5.74) is -0.668. The topological polar surface area (TPSA) is 34.9 Å². The number of aryl methyl sites for hydroxylation is 1. The van der Waals surface area contributed by atoms with E-state index in [2.05, 4.69) is 20.9 Å². The molecule has 1 aromatic carbocycles. The van der Waals surface area contributed by atoms with Crippen LogP contribution in [0.25, 0.3) is 10.9 Å².